The number of rotatable bonds is 3. The number of ether oxygens (including phenoxy) is 1. The molecule has 7 saturated carbocycles. The first-order valence-corrected chi connectivity index (χ1v) is 14.0. The fraction of sp³-hybridized carbons (Fsp3) is 0.966. The number of hydrogen-bond donors (Lipinski definition) is 0. The summed E-state index contributed by atoms with van der Waals surface area (Å²) in [6, 6.07) is 0. The van der Waals surface area contributed by atoms with Crippen LogP contribution in [0.5, 0.6) is 0 Å². The Kier molecular flexibility index (Phi) is 4.06. The van der Waals surface area contributed by atoms with Gasteiger partial charge in [0, 0.05) is 0 Å². The molecule has 0 spiro atoms. The van der Waals surface area contributed by atoms with Crippen molar-refractivity contribution in [3.05, 3.63) is 0 Å². The van der Waals surface area contributed by atoms with Crippen LogP contribution in [-0.2, 0) is 9.53 Å². The lowest BCUT2D eigenvalue weighted by Crippen LogP contribution is -2.47. The molecule has 7 fully saturated rings. The van der Waals surface area contributed by atoms with Gasteiger partial charge in [0.1, 0.15) is 5.60 Å². The summed E-state index contributed by atoms with van der Waals surface area (Å²) in [5.74, 6) is 14.2. The molecule has 0 saturated heterocycles. The van der Waals surface area contributed by atoms with E-state index in [9.17, 15) is 4.79 Å². The van der Waals surface area contributed by atoms with E-state index in [-0.39, 0.29) is 17.5 Å². The van der Waals surface area contributed by atoms with E-state index < -0.39 is 0 Å². The van der Waals surface area contributed by atoms with Crippen LogP contribution in [0.4, 0.5) is 0 Å². The lowest BCUT2D eigenvalue weighted by Gasteiger charge is -2.50. The third kappa shape index (κ3) is 2.39. The average molecular weight is 425 g/mol. The highest BCUT2D eigenvalue weighted by atomic mass is 16.6. The van der Waals surface area contributed by atoms with E-state index in [0.29, 0.717) is 5.92 Å². The molecular weight excluding hydrogens is 380 g/mol. The Hall–Kier alpha value is -0.530. The second-order valence-corrected chi connectivity index (χ2v) is 14.2. The van der Waals surface area contributed by atoms with Gasteiger partial charge in [-0.05, 0) is 136 Å². The molecule has 15 unspecified atom stereocenters. The van der Waals surface area contributed by atoms with Gasteiger partial charge in [0.25, 0.3) is 0 Å². The number of esters is 1. The number of hydrogen-bond acceptors (Lipinski definition) is 2. The van der Waals surface area contributed by atoms with E-state index in [2.05, 4.69) is 13.8 Å². The van der Waals surface area contributed by atoms with E-state index in [1.54, 1.807) is 19.3 Å². The maximum Gasteiger partial charge on any atom is 0.309 e. The van der Waals surface area contributed by atoms with Crippen molar-refractivity contribution >= 4 is 5.97 Å². The molecule has 2 heteroatoms. The number of carbonyl (C=O) groups excluding carboxylic acids is 1. The molecule has 7 rings (SSSR count). The van der Waals surface area contributed by atoms with Crippen LogP contribution < -0.4 is 0 Å². The van der Waals surface area contributed by atoms with Crippen LogP contribution in [0.1, 0.15) is 79.6 Å². The maximum absolute atomic E-state index is 13.1. The van der Waals surface area contributed by atoms with Crippen LogP contribution in [0, 0.1) is 88.8 Å². The maximum atomic E-state index is 13.1. The van der Waals surface area contributed by atoms with Gasteiger partial charge in [0.2, 0.25) is 0 Å². The Balaban J connectivity index is 1.17. The Morgan fingerprint density at radius 1 is 0.677 bits per heavy atom. The molecule has 0 aromatic rings. The highest BCUT2D eigenvalue weighted by molar-refractivity contribution is 5.74. The Bertz CT molecular complexity index is 780. The molecule has 0 aromatic heterocycles. The SMILES string of the molecule is CCC1CC(CC)C2C3CC(C12)C1C2CC(C4C5CC(CC5C(=O)OC(C)(C)C)C24)C31. The average Bonchev–Trinajstić information content (AvgIpc) is 3.53. The Morgan fingerprint density at radius 3 is 1.74 bits per heavy atom. The fourth-order valence-corrected chi connectivity index (χ4v) is 12.5. The minimum atomic E-state index is -0.342. The van der Waals surface area contributed by atoms with Crippen molar-refractivity contribution in [1.82, 2.24) is 0 Å². The van der Waals surface area contributed by atoms with E-state index in [0.717, 1.165) is 83.4 Å². The monoisotopic (exact) mass is 424 g/mol. The molecule has 7 aliphatic rings. The second kappa shape index (κ2) is 6.32. The molecule has 2 nitrogen and oxygen atoms in total. The summed E-state index contributed by atoms with van der Waals surface area (Å²) in [5, 5.41) is 0. The van der Waals surface area contributed by atoms with E-state index >= 15 is 0 Å². The van der Waals surface area contributed by atoms with Crippen molar-refractivity contribution in [3.63, 3.8) is 0 Å². The zero-order valence-electron chi connectivity index (χ0n) is 20.4. The Morgan fingerprint density at radius 2 is 1.19 bits per heavy atom. The Labute approximate surface area is 189 Å². The predicted octanol–water partition coefficient (Wildman–Crippen LogP) is 6.44. The highest BCUT2D eigenvalue weighted by Crippen LogP contribution is 2.80. The third-order valence-electron chi connectivity index (χ3n) is 12.5. The lowest BCUT2D eigenvalue weighted by atomic mass is 9.55. The second-order valence-electron chi connectivity index (χ2n) is 14.2. The first-order chi connectivity index (χ1) is 14.8. The fourth-order valence-electron chi connectivity index (χ4n) is 12.5. The molecule has 0 aliphatic heterocycles. The first kappa shape index (κ1) is 19.9. The predicted molar refractivity (Wildman–Crippen MR) is 122 cm³/mol. The van der Waals surface area contributed by atoms with Gasteiger partial charge in [-0.2, -0.15) is 0 Å². The summed E-state index contributed by atoms with van der Waals surface area (Å²) in [6.45, 7) is 11.0. The van der Waals surface area contributed by atoms with Crippen LogP contribution in [0.25, 0.3) is 0 Å². The standard InChI is InChI=1S/C29H44O2/c1-6-13-8-14(7-2)23-19-11-18(22(13)23)26-20-12-21(27(19)26)25-16-9-15(24(20)25)10-17(16)28(30)31-29(3,4)5/h13-27H,6-12H2,1-5H3. The van der Waals surface area contributed by atoms with Gasteiger partial charge < -0.3 is 4.74 Å². The minimum absolute atomic E-state index is 0.137. The summed E-state index contributed by atoms with van der Waals surface area (Å²) in [5.41, 5.74) is -0.342. The van der Waals surface area contributed by atoms with Crippen LogP contribution in [0.2, 0.25) is 0 Å². The molecular formula is C29H44O2. The van der Waals surface area contributed by atoms with Crippen molar-refractivity contribution in [2.45, 2.75) is 85.2 Å². The van der Waals surface area contributed by atoms with Gasteiger partial charge >= 0.3 is 5.97 Å². The van der Waals surface area contributed by atoms with Crippen LogP contribution in [0.15, 0.2) is 0 Å². The van der Waals surface area contributed by atoms with Crippen molar-refractivity contribution in [3.8, 4) is 0 Å². The van der Waals surface area contributed by atoms with Crippen molar-refractivity contribution in [2.75, 3.05) is 0 Å². The highest BCUT2D eigenvalue weighted by Gasteiger charge is 2.75. The quantitative estimate of drug-likeness (QED) is 0.385. The molecule has 0 N–H and O–H groups in total. The zero-order valence-corrected chi connectivity index (χ0v) is 20.4. The van der Waals surface area contributed by atoms with E-state index in [4.69, 9.17) is 4.74 Å². The topological polar surface area (TPSA) is 26.3 Å². The number of fused-ring (bicyclic) bond motifs is 19. The third-order valence-corrected chi connectivity index (χ3v) is 12.5. The van der Waals surface area contributed by atoms with Crippen LogP contribution in [-0.4, -0.2) is 11.6 Å². The summed E-state index contributed by atoms with van der Waals surface area (Å²) in [6.07, 6.45) is 10.0. The minimum Gasteiger partial charge on any atom is -0.460 e. The first-order valence-electron chi connectivity index (χ1n) is 14.0. The largest absolute Gasteiger partial charge is 0.460 e. The van der Waals surface area contributed by atoms with Gasteiger partial charge in [-0.15, -0.1) is 0 Å². The van der Waals surface area contributed by atoms with Crippen molar-refractivity contribution < 1.29 is 9.53 Å². The molecule has 0 radical (unpaired) electrons. The summed E-state index contributed by atoms with van der Waals surface area (Å²) in [7, 11) is 0. The molecule has 7 aliphatic carbocycles. The molecule has 15 atom stereocenters. The van der Waals surface area contributed by atoms with E-state index in [1.165, 1.54) is 19.3 Å². The summed E-state index contributed by atoms with van der Waals surface area (Å²) >= 11 is 0. The molecule has 0 amide bonds. The zero-order chi connectivity index (χ0) is 21.4. The lowest BCUT2D eigenvalue weighted by molar-refractivity contribution is -0.164. The molecule has 0 aromatic carbocycles. The van der Waals surface area contributed by atoms with Crippen molar-refractivity contribution in [2.24, 2.45) is 88.8 Å². The smallest absolute Gasteiger partial charge is 0.309 e. The van der Waals surface area contributed by atoms with Gasteiger partial charge in [0.15, 0.2) is 0 Å². The summed E-state index contributed by atoms with van der Waals surface area (Å²) in [4.78, 5) is 13.1. The summed E-state index contributed by atoms with van der Waals surface area (Å²) < 4.78 is 5.91. The number of carbonyl (C=O) groups is 1. The van der Waals surface area contributed by atoms with Gasteiger partial charge in [-0.25, -0.2) is 0 Å². The molecule has 6 bridgehead atoms. The molecule has 172 valence electrons. The van der Waals surface area contributed by atoms with Gasteiger partial charge in [0.05, 0.1) is 5.92 Å². The van der Waals surface area contributed by atoms with E-state index in [1.807, 2.05) is 20.8 Å². The van der Waals surface area contributed by atoms with Gasteiger partial charge in [-0.1, -0.05) is 26.7 Å². The van der Waals surface area contributed by atoms with Crippen LogP contribution in [0.3, 0.4) is 0 Å². The van der Waals surface area contributed by atoms with Gasteiger partial charge in [-0.3, -0.25) is 4.79 Å². The molecule has 0 heterocycles. The van der Waals surface area contributed by atoms with Crippen LogP contribution >= 0.6 is 0 Å². The molecule has 31 heavy (non-hydrogen) atoms. The van der Waals surface area contributed by atoms with Crippen molar-refractivity contribution in [1.29, 1.82) is 0 Å². The normalized spacial score (nSPS) is 59.8.